The number of carbonyl (C=O) groups excluding carboxylic acids is 1. The van der Waals surface area contributed by atoms with Crippen molar-refractivity contribution in [3.63, 3.8) is 0 Å². The van der Waals surface area contributed by atoms with Crippen molar-refractivity contribution in [1.29, 1.82) is 0 Å². The van der Waals surface area contributed by atoms with E-state index in [1.807, 2.05) is 12.1 Å². The fraction of sp³-hybridized carbons (Fsp3) is 0.100. The maximum absolute atomic E-state index is 12.2. The Morgan fingerprint density at radius 1 is 1.11 bits per heavy atom. The van der Waals surface area contributed by atoms with Gasteiger partial charge in [-0.3, -0.25) is 4.79 Å². The average molecular weight is 386 g/mol. The molecule has 27 heavy (non-hydrogen) atoms. The van der Waals surface area contributed by atoms with Crippen LogP contribution in [0.5, 0.6) is 11.5 Å². The number of methoxy groups -OCH3 is 1. The van der Waals surface area contributed by atoms with Crippen LogP contribution in [0.3, 0.4) is 0 Å². The molecule has 3 aromatic rings. The van der Waals surface area contributed by atoms with Crippen LogP contribution in [-0.4, -0.2) is 30.7 Å². The molecule has 0 aliphatic heterocycles. The zero-order valence-corrected chi connectivity index (χ0v) is 15.1. The van der Waals surface area contributed by atoms with Gasteiger partial charge in [0.15, 0.2) is 6.61 Å². The second-order valence-corrected chi connectivity index (χ2v) is 6.06. The molecule has 0 unspecified atom stereocenters. The second kappa shape index (κ2) is 7.97. The van der Waals surface area contributed by atoms with Crippen LogP contribution in [0.2, 0.25) is 5.02 Å². The van der Waals surface area contributed by atoms with E-state index in [9.17, 15) is 14.7 Å². The Kier molecular flexibility index (Phi) is 5.47. The van der Waals surface area contributed by atoms with Gasteiger partial charge in [-0.15, -0.1) is 0 Å². The number of rotatable bonds is 6. The minimum atomic E-state index is -1.13. The Morgan fingerprint density at radius 3 is 2.59 bits per heavy atom. The number of nitrogens with one attached hydrogen (secondary N) is 1. The summed E-state index contributed by atoms with van der Waals surface area (Å²) in [7, 11) is 1.50. The quantitative estimate of drug-likeness (QED) is 0.663. The molecule has 6 nitrogen and oxygen atoms in total. The van der Waals surface area contributed by atoms with Crippen LogP contribution in [0.15, 0.2) is 54.6 Å². The topological polar surface area (TPSA) is 84.9 Å². The summed E-state index contributed by atoms with van der Waals surface area (Å²) in [5.41, 5.74) is 0.472. The van der Waals surface area contributed by atoms with Gasteiger partial charge in [-0.1, -0.05) is 41.9 Å². The van der Waals surface area contributed by atoms with Crippen molar-refractivity contribution >= 4 is 39.9 Å². The first-order valence-corrected chi connectivity index (χ1v) is 8.38. The summed E-state index contributed by atoms with van der Waals surface area (Å²) < 4.78 is 10.6. The van der Waals surface area contributed by atoms with Crippen LogP contribution in [0.1, 0.15) is 10.4 Å². The van der Waals surface area contributed by atoms with Gasteiger partial charge in [-0.05, 0) is 29.7 Å². The highest BCUT2D eigenvalue weighted by atomic mass is 35.5. The monoisotopic (exact) mass is 385 g/mol. The SMILES string of the molecule is COc1ccc(NC(=O)COc2c(C(=O)O)ccc3ccccc23)cc1Cl. The molecule has 0 spiro atoms. The van der Waals surface area contributed by atoms with Crippen molar-refractivity contribution in [2.45, 2.75) is 0 Å². The van der Waals surface area contributed by atoms with E-state index in [2.05, 4.69) is 5.32 Å². The first-order valence-electron chi connectivity index (χ1n) is 8.01. The molecular formula is C20H16ClNO5. The summed E-state index contributed by atoms with van der Waals surface area (Å²) in [6.07, 6.45) is 0. The third-order valence-electron chi connectivity index (χ3n) is 3.89. The molecule has 0 radical (unpaired) electrons. The maximum Gasteiger partial charge on any atom is 0.339 e. The van der Waals surface area contributed by atoms with E-state index in [0.29, 0.717) is 21.8 Å². The standard InChI is InChI=1S/C20H16ClNO5/c1-26-17-9-7-13(10-16(17)21)22-18(23)11-27-19-14-5-3-2-4-12(14)6-8-15(19)20(24)25/h2-10H,11H2,1H3,(H,22,23)(H,24,25). The summed E-state index contributed by atoms with van der Waals surface area (Å²) in [6, 6.07) is 15.2. The molecule has 1 amide bonds. The van der Waals surface area contributed by atoms with E-state index in [0.717, 1.165) is 5.39 Å². The summed E-state index contributed by atoms with van der Waals surface area (Å²) in [6.45, 7) is -0.349. The first-order chi connectivity index (χ1) is 13.0. The highest BCUT2D eigenvalue weighted by Gasteiger charge is 2.16. The number of benzene rings is 3. The zero-order chi connectivity index (χ0) is 19.4. The molecule has 0 bridgehead atoms. The van der Waals surface area contributed by atoms with E-state index >= 15 is 0 Å². The molecule has 0 saturated carbocycles. The average Bonchev–Trinajstić information content (AvgIpc) is 2.66. The third-order valence-corrected chi connectivity index (χ3v) is 4.19. The number of amides is 1. The first kappa shape index (κ1) is 18.5. The van der Waals surface area contributed by atoms with Crippen LogP contribution in [-0.2, 0) is 4.79 Å². The Morgan fingerprint density at radius 2 is 1.89 bits per heavy atom. The van der Waals surface area contributed by atoms with Gasteiger partial charge >= 0.3 is 5.97 Å². The third kappa shape index (κ3) is 4.12. The lowest BCUT2D eigenvalue weighted by Gasteiger charge is -2.13. The summed E-state index contributed by atoms with van der Waals surface area (Å²) >= 11 is 6.03. The number of carbonyl (C=O) groups is 2. The maximum atomic E-state index is 12.2. The number of aromatic carboxylic acids is 1. The van der Waals surface area contributed by atoms with Gasteiger partial charge in [0.05, 0.1) is 12.1 Å². The highest BCUT2D eigenvalue weighted by molar-refractivity contribution is 6.32. The van der Waals surface area contributed by atoms with Crippen molar-refractivity contribution < 1.29 is 24.2 Å². The number of carboxylic acids is 1. The molecule has 0 saturated heterocycles. The van der Waals surface area contributed by atoms with Crippen LogP contribution < -0.4 is 14.8 Å². The Labute approximate surface area is 160 Å². The van der Waals surface area contributed by atoms with Crippen molar-refractivity contribution in [3.05, 3.63) is 65.2 Å². The molecule has 0 fully saturated rings. The van der Waals surface area contributed by atoms with Crippen molar-refractivity contribution in [3.8, 4) is 11.5 Å². The predicted octanol–water partition coefficient (Wildman–Crippen LogP) is 4.22. The lowest BCUT2D eigenvalue weighted by Crippen LogP contribution is -2.21. The van der Waals surface area contributed by atoms with Crippen molar-refractivity contribution in [1.82, 2.24) is 0 Å². The number of anilines is 1. The molecule has 0 heterocycles. The van der Waals surface area contributed by atoms with E-state index in [4.69, 9.17) is 21.1 Å². The number of ether oxygens (including phenoxy) is 2. The van der Waals surface area contributed by atoms with E-state index < -0.39 is 11.9 Å². The number of hydrogen-bond donors (Lipinski definition) is 2. The molecule has 3 aromatic carbocycles. The van der Waals surface area contributed by atoms with Crippen molar-refractivity contribution in [2.75, 3.05) is 19.0 Å². The molecule has 0 aromatic heterocycles. The minimum Gasteiger partial charge on any atom is -0.495 e. The van der Waals surface area contributed by atoms with E-state index in [1.165, 1.54) is 13.2 Å². The van der Waals surface area contributed by atoms with Crippen LogP contribution in [0.25, 0.3) is 10.8 Å². The Balaban J connectivity index is 1.78. The molecular weight excluding hydrogens is 370 g/mol. The van der Waals surface area contributed by atoms with E-state index in [-0.39, 0.29) is 17.9 Å². The summed E-state index contributed by atoms with van der Waals surface area (Å²) in [5.74, 6) is -0.921. The molecule has 0 aliphatic carbocycles. The van der Waals surface area contributed by atoms with Gasteiger partial charge in [0.25, 0.3) is 5.91 Å². The minimum absolute atomic E-state index is 0.00556. The number of hydrogen-bond acceptors (Lipinski definition) is 4. The van der Waals surface area contributed by atoms with Crippen molar-refractivity contribution in [2.24, 2.45) is 0 Å². The smallest absolute Gasteiger partial charge is 0.339 e. The molecule has 3 rings (SSSR count). The van der Waals surface area contributed by atoms with Gasteiger partial charge in [0.1, 0.15) is 17.1 Å². The second-order valence-electron chi connectivity index (χ2n) is 5.65. The fourth-order valence-corrected chi connectivity index (χ4v) is 2.90. The van der Waals surface area contributed by atoms with Crippen LogP contribution in [0, 0.1) is 0 Å². The zero-order valence-electron chi connectivity index (χ0n) is 14.4. The number of carboxylic acid groups (broad SMARTS) is 1. The van der Waals surface area contributed by atoms with Gasteiger partial charge in [-0.25, -0.2) is 4.79 Å². The number of fused-ring (bicyclic) bond motifs is 1. The van der Waals surface area contributed by atoms with Crippen LogP contribution in [0.4, 0.5) is 5.69 Å². The fourth-order valence-electron chi connectivity index (χ4n) is 2.65. The molecule has 138 valence electrons. The normalized spacial score (nSPS) is 10.4. The molecule has 7 heteroatoms. The van der Waals surface area contributed by atoms with Gasteiger partial charge < -0.3 is 19.9 Å². The van der Waals surface area contributed by atoms with Gasteiger partial charge in [0, 0.05) is 11.1 Å². The van der Waals surface area contributed by atoms with E-state index in [1.54, 1.807) is 36.4 Å². The van der Waals surface area contributed by atoms with Gasteiger partial charge in [-0.2, -0.15) is 0 Å². The molecule has 2 N–H and O–H groups in total. The van der Waals surface area contributed by atoms with Gasteiger partial charge in [0.2, 0.25) is 0 Å². The lowest BCUT2D eigenvalue weighted by molar-refractivity contribution is -0.118. The Bertz CT molecular complexity index is 1020. The van der Waals surface area contributed by atoms with Crippen LogP contribution >= 0.6 is 11.6 Å². The predicted molar refractivity (Wildman–Crippen MR) is 103 cm³/mol. The Hall–Kier alpha value is -3.25. The number of halogens is 1. The molecule has 0 aliphatic rings. The highest BCUT2D eigenvalue weighted by Crippen LogP contribution is 2.30. The lowest BCUT2D eigenvalue weighted by atomic mass is 10.1. The summed E-state index contributed by atoms with van der Waals surface area (Å²) in [4.78, 5) is 23.7. The largest absolute Gasteiger partial charge is 0.495 e. The molecule has 0 atom stereocenters. The summed E-state index contributed by atoms with van der Waals surface area (Å²) in [5, 5.41) is 13.8.